The normalized spacial score (nSPS) is 12.0. The van der Waals surface area contributed by atoms with Crippen LogP contribution in [0.4, 0.5) is 0 Å². The van der Waals surface area contributed by atoms with Crippen LogP contribution in [-0.4, -0.2) is 50.5 Å². The molecule has 1 aromatic carbocycles. The first kappa shape index (κ1) is 19.7. The number of aliphatic hydroxyl groups excluding tert-OH is 1. The van der Waals surface area contributed by atoms with Gasteiger partial charge >= 0.3 is 0 Å². The summed E-state index contributed by atoms with van der Waals surface area (Å²) in [6.45, 7) is 4.30. The number of carbonyl (C=O) groups is 1. The summed E-state index contributed by atoms with van der Waals surface area (Å²) in [5.41, 5.74) is 6.09. The van der Waals surface area contributed by atoms with Gasteiger partial charge in [-0.25, -0.2) is 0 Å². The molecular weight excluding hydrogens is 366 g/mol. The zero-order chi connectivity index (χ0) is 17.2. The molecule has 0 aliphatic heterocycles. The molecule has 0 bridgehead atoms. The van der Waals surface area contributed by atoms with E-state index in [-0.39, 0.29) is 12.7 Å². The first-order chi connectivity index (χ1) is 10.9. The molecule has 130 valence electrons. The van der Waals surface area contributed by atoms with E-state index < -0.39 is 5.91 Å². The minimum atomic E-state index is -0.547. The van der Waals surface area contributed by atoms with Crippen molar-refractivity contribution in [3.63, 3.8) is 0 Å². The predicted octanol–water partition coefficient (Wildman–Crippen LogP) is 0.382. The van der Waals surface area contributed by atoms with Crippen molar-refractivity contribution in [1.29, 1.82) is 0 Å². The number of nitrogens with one attached hydrogen (secondary N) is 2. The Bertz CT molecular complexity index is 512. The fourth-order valence-electron chi connectivity index (χ4n) is 1.88. The van der Waals surface area contributed by atoms with Crippen LogP contribution in [-0.2, 0) is 11.3 Å². The molecule has 5 N–H and O–H groups in total. The molecule has 23 heavy (non-hydrogen) atoms. The number of hydrogen-bond acceptors (Lipinski definition) is 6. The van der Waals surface area contributed by atoms with Gasteiger partial charge in [0.1, 0.15) is 0 Å². The summed E-state index contributed by atoms with van der Waals surface area (Å²) < 4.78 is 11.3. The minimum absolute atomic E-state index is 0.207. The fraction of sp³-hybridized carbons (Fsp3) is 0.533. The number of hydrogen-bond donors (Lipinski definition) is 4. The molecule has 1 aromatic rings. The maximum atomic E-state index is 10.8. The van der Waals surface area contributed by atoms with Gasteiger partial charge in [0.2, 0.25) is 0 Å². The standard InChI is InChI=1S/C15H24BrN3O4/c1-10(20)7-18-3-4-19-8-11-5-12(16)15(13(6-11)22-2)23-9-14(17)21/h5-6,10,18-20H,3-4,7-9H2,1-2H3,(H2,17,21)/t10-/m1/s1. The maximum absolute atomic E-state index is 10.8. The molecule has 0 fully saturated rings. The molecule has 0 saturated heterocycles. The number of methoxy groups -OCH3 is 1. The van der Waals surface area contributed by atoms with Crippen LogP contribution in [0.3, 0.4) is 0 Å². The third kappa shape index (κ3) is 7.65. The first-order valence-corrected chi connectivity index (χ1v) is 8.10. The summed E-state index contributed by atoms with van der Waals surface area (Å²) in [5, 5.41) is 15.6. The largest absolute Gasteiger partial charge is 0.493 e. The molecule has 0 unspecified atom stereocenters. The van der Waals surface area contributed by atoms with Gasteiger partial charge in [-0.15, -0.1) is 0 Å². The van der Waals surface area contributed by atoms with Crippen LogP contribution in [0.25, 0.3) is 0 Å². The van der Waals surface area contributed by atoms with Crippen molar-refractivity contribution >= 4 is 21.8 Å². The SMILES string of the molecule is COc1cc(CNCCNC[C@@H](C)O)cc(Br)c1OCC(N)=O. The number of amides is 1. The third-order valence-corrected chi connectivity index (χ3v) is 3.48. The predicted molar refractivity (Wildman–Crippen MR) is 91.6 cm³/mol. The lowest BCUT2D eigenvalue weighted by Gasteiger charge is -2.14. The van der Waals surface area contributed by atoms with Gasteiger partial charge in [-0.05, 0) is 40.5 Å². The van der Waals surface area contributed by atoms with E-state index in [4.69, 9.17) is 20.3 Å². The number of rotatable bonds is 11. The van der Waals surface area contributed by atoms with E-state index in [1.54, 1.807) is 6.92 Å². The number of primary amides is 1. The van der Waals surface area contributed by atoms with E-state index in [9.17, 15) is 4.79 Å². The topological polar surface area (TPSA) is 106 Å². The molecule has 1 amide bonds. The number of ether oxygens (including phenoxy) is 2. The van der Waals surface area contributed by atoms with Gasteiger partial charge in [0.15, 0.2) is 18.1 Å². The average molecular weight is 390 g/mol. The lowest BCUT2D eigenvalue weighted by Crippen LogP contribution is -2.31. The highest BCUT2D eigenvalue weighted by molar-refractivity contribution is 9.10. The van der Waals surface area contributed by atoms with Crippen LogP contribution < -0.4 is 25.8 Å². The summed E-state index contributed by atoms with van der Waals surface area (Å²) in [5.74, 6) is 0.438. The molecule has 0 saturated carbocycles. The Hall–Kier alpha value is -1.35. The van der Waals surface area contributed by atoms with Gasteiger partial charge in [0.25, 0.3) is 5.91 Å². The molecule has 0 spiro atoms. The van der Waals surface area contributed by atoms with E-state index >= 15 is 0 Å². The second-order valence-electron chi connectivity index (χ2n) is 5.09. The van der Waals surface area contributed by atoms with Gasteiger partial charge in [0, 0.05) is 26.2 Å². The van der Waals surface area contributed by atoms with Crippen LogP contribution in [0.2, 0.25) is 0 Å². The quantitative estimate of drug-likeness (QED) is 0.407. The molecular formula is C15H24BrN3O4. The van der Waals surface area contributed by atoms with E-state index in [1.165, 1.54) is 7.11 Å². The van der Waals surface area contributed by atoms with E-state index in [1.807, 2.05) is 12.1 Å². The zero-order valence-electron chi connectivity index (χ0n) is 13.4. The Balaban J connectivity index is 2.53. The van der Waals surface area contributed by atoms with Crippen LogP contribution in [0.5, 0.6) is 11.5 Å². The highest BCUT2D eigenvalue weighted by atomic mass is 79.9. The molecule has 0 aliphatic rings. The summed E-state index contributed by atoms with van der Waals surface area (Å²) >= 11 is 3.41. The molecule has 0 aliphatic carbocycles. The summed E-state index contributed by atoms with van der Waals surface area (Å²) in [6, 6.07) is 3.74. The molecule has 1 atom stereocenters. The number of carbonyl (C=O) groups excluding carboxylic acids is 1. The van der Waals surface area contributed by atoms with Crippen LogP contribution in [0.15, 0.2) is 16.6 Å². The van der Waals surface area contributed by atoms with Crippen molar-refractivity contribution in [1.82, 2.24) is 10.6 Å². The maximum Gasteiger partial charge on any atom is 0.255 e. The van der Waals surface area contributed by atoms with Gasteiger partial charge in [-0.2, -0.15) is 0 Å². The van der Waals surface area contributed by atoms with Crippen molar-refractivity contribution < 1.29 is 19.4 Å². The monoisotopic (exact) mass is 389 g/mol. The summed E-state index contributed by atoms with van der Waals surface area (Å²) in [4.78, 5) is 10.8. The number of halogens is 1. The second-order valence-corrected chi connectivity index (χ2v) is 5.95. The van der Waals surface area contributed by atoms with E-state index in [0.717, 1.165) is 18.7 Å². The lowest BCUT2D eigenvalue weighted by atomic mass is 10.2. The Kier molecular flexibility index (Phi) is 8.93. The Labute approximate surface area is 144 Å². The minimum Gasteiger partial charge on any atom is -0.493 e. The first-order valence-electron chi connectivity index (χ1n) is 7.31. The van der Waals surface area contributed by atoms with Gasteiger partial charge in [-0.1, -0.05) is 0 Å². The van der Waals surface area contributed by atoms with E-state index in [0.29, 0.717) is 29.1 Å². The molecule has 7 nitrogen and oxygen atoms in total. The van der Waals surface area contributed by atoms with Gasteiger partial charge in [-0.3, -0.25) is 4.79 Å². The van der Waals surface area contributed by atoms with Crippen molar-refractivity contribution in [2.24, 2.45) is 5.73 Å². The summed E-state index contributed by atoms with van der Waals surface area (Å²) in [6.07, 6.45) is -0.344. The smallest absolute Gasteiger partial charge is 0.255 e. The average Bonchev–Trinajstić information content (AvgIpc) is 2.48. The number of benzene rings is 1. The lowest BCUT2D eigenvalue weighted by molar-refractivity contribution is -0.119. The van der Waals surface area contributed by atoms with Crippen LogP contribution >= 0.6 is 15.9 Å². The third-order valence-electron chi connectivity index (χ3n) is 2.90. The van der Waals surface area contributed by atoms with Gasteiger partial charge in [0.05, 0.1) is 17.7 Å². The summed E-state index contributed by atoms with van der Waals surface area (Å²) in [7, 11) is 1.54. The highest BCUT2D eigenvalue weighted by Gasteiger charge is 2.12. The van der Waals surface area contributed by atoms with Crippen molar-refractivity contribution in [3.05, 3.63) is 22.2 Å². The van der Waals surface area contributed by atoms with Crippen molar-refractivity contribution in [2.45, 2.75) is 19.6 Å². The number of aliphatic hydroxyl groups is 1. The van der Waals surface area contributed by atoms with Crippen molar-refractivity contribution in [2.75, 3.05) is 33.4 Å². The molecule has 0 heterocycles. The second kappa shape index (κ2) is 10.4. The van der Waals surface area contributed by atoms with Crippen molar-refractivity contribution in [3.8, 4) is 11.5 Å². The molecule has 8 heteroatoms. The molecule has 1 rings (SSSR count). The Morgan fingerprint density at radius 1 is 1.39 bits per heavy atom. The molecule has 0 aromatic heterocycles. The Morgan fingerprint density at radius 2 is 2.09 bits per heavy atom. The molecule has 0 radical (unpaired) electrons. The van der Waals surface area contributed by atoms with E-state index in [2.05, 4.69) is 26.6 Å². The highest BCUT2D eigenvalue weighted by Crippen LogP contribution is 2.36. The zero-order valence-corrected chi connectivity index (χ0v) is 15.0. The van der Waals surface area contributed by atoms with Crippen LogP contribution in [0.1, 0.15) is 12.5 Å². The number of nitrogens with two attached hydrogens (primary N) is 1. The Morgan fingerprint density at radius 3 is 2.70 bits per heavy atom. The van der Waals surface area contributed by atoms with Crippen LogP contribution in [0, 0.1) is 0 Å². The van der Waals surface area contributed by atoms with Gasteiger partial charge < -0.3 is 30.9 Å². The fourth-order valence-corrected chi connectivity index (χ4v) is 2.48.